The molecule has 3 unspecified atom stereocenters. The number of amides is 5. The number of halogens is 9. The predicted octanol–water partition coefficient (Wildman–Crippen LogP) is 22.5. The van der Waals surface area contributed by atoms with E-state index >= 15 is 0 Å². The second-order valence-corrected chi connectivity index (χ2v) is 30.3. The van der Waals surface area contributed by atoms with Gasteiger partial charge in [-0.15, -0.1) is 0 Å². The topological polar surface area (TPSA) is 154 Å². The lowest BCUT2D eigenvalue weighted by Gasteiger charge is -2.35. The predicted molar refractivity (Wildman–Crippen MR) is 428 cm³/mol. The molecule has 5 N–H and O–H groups in total. The van der Waals surface area contributed by atoms with Gasteiger partial charge in [0, 0.05) is 83.1 Å². The molecule has 0 radical (unpaired) electrons. The first-order chi connectivity index (χ1) is 50.1. The van der Waals surface area contributed by atoms with Crippen LogP contribution in [0.15, 0.2) is 194 Å². The standard InChI is InChI=1S/C28H27Cl2N3O2.C27H27Cl3FN3O.C27H28Cl3N3O/c1-33-11-9-22(10-12-33)27(18-35-28(34)32-26-15-24(29)14-25(30)16-26)21-7-5-20(6-8-21)23-4-2-3-19(13-23)17-31;1-34-10-8-19(9-11-34)24(16-32-27(35)33-23-14-21(28)13-22(29)15-23)18-4-2-17(3-5-18)20-6-7-26(31)25(30)12-20;1-33-11-9-20(10-12-33)26(17-31-27(34)32-25-15-23(29)14-24(30)16-25)19-7-5-18(6-8-19)21-3-2-4-22(28)13-21/h2-8,13-16,22,27H,9-12,18H2,1H3,(H,32,34);2-7,12-15,19,24H,8-11,16H2,1H3,(H2,32,33,35);2-8,13-16,20,26H,9-12,17H2,1H3,(H2,31,32,34). The number of ether oxygens (including phenoxy) is 1. The van der Waals surface area contributed by atoms with Gasteiger partial charge in [-0.3, -0.25) is 5.32 Å². The SMILES string of the molecule is CN1CCC(C(CNC(=O)Nc2cc(Cl)cc(Cl)c2)c2ccc(-c3ccc(F)c(Cl)c3)cc2)CC1.CN1CCC(C(CNC(=O)Nc2cc(Cl)cc(Cl)c2)c2ccc(-c3cccc(Cl)c3)cc2)CC1.CN1CCC(C(COC(=O)Nc2cc(Cl)cc(Cl)c2)c2ccc(-c3cccc(C#N)c3)cc2)CC1. The number of anilines is 3. The Labute approximate surface area is 649 Å². The molecule has 104 heavy (non-hydrogen) atoms. The van der Waals surface area contributed by atoms with Crippen LogP contribution in [0.1, 0.15) is 78.5 Å². The number of hydrogen-bond acceptors (Lipinski definition) is 8. The van der Waals surface area contributed by atoms with E-state index in [9.17, 15) is 24.0 Å². The Morgan fingerprint density at radius 1 is 0.423 bits per heavy atom. The molecule has 542 valence electrons. The number of benzene rings is 9. The smallest absolute Gasteiger partial charge is 0.411 e. The molecule has 5 amide bonds. The quantitative estimate of drug-likeness (QED) is 0.0569. The summed E-state index contributed by atoms with van der Waals surface area (Å²) in [5.74, 6) is 1.37. The van der Waals surface area contributed by atoms with E-state index in [1.807, 2.05) is 48.5 Å². The number of nitrogens with zero attached hydrogens (tertiary/aromatic N) is 4. The molecule has 9 aromatic carbocycles. The summed E-state index contributed by atoms with van der Waals surface area (Å²) in [4.78, 5) is 44.9. The van der Waals surface area contributed by atoms with Crippen LogP contribution < -0.4 is 26.6 Å². The van der Waals surface area contributed by atoms with Gasteiger partial charge in [-0.1, -0.05) is 196 Å². The second kappa shape index (κ2) is 38.6. The number of nitriles is 1. The number of rotatable bonds is 18. The Kier molecular flexibility index (Phi) is 29.3. The van der Waals surface area contributed by atoms with E-state index in [0.717, 1.165) is 127 Å². The first-order valence-electron chi connectivity index (χ1n) is 34.6. The van der Waals surface area contributed by atoms with Crippen molar-refractivity contribution in [3.8, 4) is 39.4 Å². The normalized spacial score (nSPS) is 15.5. The van der Waals surface area contributed by atoms with Crippen molar-refractivity contribution in [3.63, 3.8) is 0 Å². The van der Waals surface area contributed by atoms with Crippen molar-refractivity contribution >= 4 is 128 Å². The number of carbonyl (C=O) groups is 3. The summed E-state index contributed by atoms with van der Waals surface area (Å²) >= 11 is 48.4. The largest absolute Gasteiger partial charge is 0.449 e. The lowest BCUT2D eigenvalue weighted by molar-refractivity contribution is 0.123. The van der Waals surface area contributed by atoms with Crippen molar-refractivity contribution in [1.29, 1.82) is 5.26 Å². The van der Waals surface area contributed by atoms with Gasteiger partial charge < -0.3 is 40.7 Å². The molecule has 3 aliphatic heterocycles. The average molecular weight is 1560 g/mol. The van der Waals surface area contributed by atoms with Crippen LogP contribution in [-0.4, -0.2) is 113 Å². The van der Waals surface area contributed by atoms with Crippen LogP contribution >= 0.6 is 92.8 Å². The zero-order valence-electron chi connectivity index (χ0n) is 57.9. The highest BCUT2D eigenvalue weighted by Crippen LogP contribution is 2.39. The number of piperidine rings is 3. The van der Waals surface area contributed by atoms with Crippen LogP contribution in [0.2, 0.25) is 40.2 Å². The molecule has 9 aromatic rings. The molecule has 0 saturated carbocycles. The molecule has 0 aromatic heterocycles. The molecular weight excluding hydrogens is 1480 g/mol. The fourth-order valence-corrected chi connectivity index (χ4v) is 15.7. The molecule has 3 atom stereocenters. The van der Waals surface area contributed by atoms with Gasteiger partial charge in [0.1, 0.15) is 12.4 Å². The molecule has 0 aliphatic carbocycles. The van der Waals surface area contributed by atoms with Crippen molar-refractivity contribution in [3.05, 3.63) is 262 Å². The number of hydrogen-bond donors (Lipinski definition) is 5. The van der Waals surface area contributed by atoms with Crippen molar-refractivity contribution in [1.82, 2.24) is 25.3 Å². The minimum atomic E-state index is -0.536. The van der Waals surface area contributed by atoms with E-state index in [2.05, 4.69) is 135 Å². The maximum absolute atomic E-state index is 13.6. The lowest BCUT2D eigenvalue weighted by Crippen LogP contribution is -2.38. The zero-order chi connectivity index (χ0) is 73.8. The van der Waals surface area contributed by atoms with Crippen LogP contribution in [0.4, 0.5) is 35.8 Å². The number of urea groups is 2. The highest BCUT2D eigenvalue weighted by atomic mass is 35.5. The van der Waals surface area contributed by atoms with Crippen molar-refractivity contribution in [2.75, 3.05) is 96.1 Å². The van der Waals surface area contributed by atoms with E-state index in [1.165, 1.54) is 11.6 Å². The summed E-state index contributed by atoms with van der Waals surface area (Å²) in [7, 11) is 6.43. The van der Waals surface area contributed by atoms with E-state index in [4.69, 9.17) is 97.5 Å². The number of nitrogens with one attached hydrogen (secondary N) is 5. The summed E-state index contributed by atoms with van der Waals surface area (Å²) in [5.41, 5.74) is 11.8. The Bertz CT molecular complexity index is 4350. The van der Waals surface area contributed by atoms with E-state index < -0.39 is 11.9 Å². The minimum absolute atomic E-state index is 0.0805. The molecular formula is C82H82Cl8FN9O4. The molecule has 22 heteroatoms. The van der Waals surface area contributed by atoms with Gasteiger partial charge in [-0.05, 0) is 258 Å². The number of likely N-dealkylation sites (tertiary alicyclic amines) is 3. The van der Waals surface area contributed by atoms with Crippen LogP contribution in [0.3, 0.4) is 0 Å². The van der Waals surface area contributed by atoms with Crippen LogP contribution in [-0.2, 0) is 4.74 Å². The minimum Gasteiger partial charge on any atom is -0.449 e. The van der Waals surface area contributed by atoms with Gasteiger partial charge in [0.25, 0.3) is 0 Å². The molecule has 3 heterocycles. The van der Waals surface area contributed by atoms with E-state index in [0.29, 0.717) is 83.6 Å². The van der Waals surface area contributed by atoms with Gasteiger partial charge in [-0.25, -0.2) is 18.8 Å². The summed E-state index contributed by atoms with van der Waals surface area (Å²) in [6.07, 6.45) is 5.87. The lowest BCUT2D eigenvalue weighted by atomic mass is 9.79. The highest BCUT2D eigenvalue weighted by molar-refractivity contribution is 6.36. The third kappa shape index (κ3) is 23.7. The maximum atomic E-state index is 13.6. The third-order valence-corrected chi connectivity index (χ3v) is 21.3. The molecule has 13 nitrogen and oxygen atoms in total. The van der Waals surface area contributed by atoms with Crippen LogP contribution in [0.25, 0.3) is 33.4 Å². The monoisotopic (exact) mass is 1560 g/mol. The molecule has 3 aliphatic rings. The fraction of sp³-hybridized carbons (Fsp3) is 0.293. The van der Waals surface area contributed by atoms with E-state index in [1.54, 1.807) is 72.8 Å². The van der Waals surface area contributed by atoms with Crippen molar-refractivity contribution in [2.24, 2.45) is 17.8 Å². The van der Waals surface area contributed by atoms with Gasteiger partial charge in [0.05, 0.1) is 16.7 Å². The molecule has 0 spiro atoms. The molecule has 3 fully saturated rings. The number of carbonyl (C=O) groups excluding carboxylic acids is 3. The van der Waals surface area contributed by atoms with Gasteiger partial charge in [0.2, 0.25) is 0 Å². The summed E-state index contributed by atoms with van der Waals surface area (Å²) in [6.45, 7) is 7.55. The molecule has 3 saturated heterocycles. The Morgan fingerprint density at radius 3 is 1.15 bits per heavy atom. The zero-order valence-corrected chi connectivity index (χ0v) is 63.9. The van der Waals surface area contributed by atoms with Crippen LogP contribution in [0, 0.1) is 34.9 Å². The summed E-state index contributed by atoms with van der Waals surface area (Å²) in [6, 6.07) is 61.8. The van der Waals surface area contributed by atoms with E-state index in [-0.39, 0.29) is 41.4 Å². The highest BCUT2D eigenvalue weighted by Gasteiger charge is 2.31. The molecule has 12 rings (SSSR count). The van der Waals surface area contributed by atoms with Crippen LogP contribution in [0.5, 0.6) is 0 Å². The summed E-state index contributed by atoms with van der Waals surface area (Å²) < 4.78 is 19.2. The average Bonchev–Trinajstić information content (AvgIpc) is 0.829. The molecule has 0 bridgehead atoms. The van der Waals surface area contributed by atoms with Crippen molar-refractivity contribution in [2.45, 2.75) is 56.3 Å². The first-order valence-corrected chi connectivity index (χ1v) is 37.6. The third-order valence-electron chi connectivity index (χ3n) is 19.5. The Balaban J connectivity index is 0.000000167. The fourth-order valence-electron chi connectivity index (χ4n) is 13.7. The van der Waals surface area contributed by atoms with Gasteiger partial charge >= 0.3 is 18.2 Å². The van der Waals surface area contributed by atoms with Crippen molar-refractivity contribution < 1.29 is 23.5 Å². The Hall–Kier alpha value is -7.59. The summed E-state index contributed by atoms with van der Waals surface area (Å²) in [5, 5.41) is 27.2. The first kappa shape index (κ1) is 79.0. The van der Waals surface area contributed by atoms with Gasteiger partial charge in [-0.2, -0.15) is 5.26 Å². The maximum Gasteiger partial charge on any atom is 0.411 e. The van der Waals surface area contributed by atoms with Gasteiger partial charge in [0.15, 0.2) is 0 Å². The second-order valence-electron chi connectivity index (χ2n) is 26.8. The Morgan fingerprint density at radius 2 is 0.769 bits per heavy atom.